The van der Waals surface area contributed by atoms with Gasteiger partial charge in [0.15, 0.2) is 18.1 Å². The summed E-state index contributed by atoms with van der Waals surface area (Å²) in [6.45, 7) is 4.09. The summed E-state index contributed by atoms with van der Waals surface area (Å²) in [4.78, 5) is 36.5. The van der Waals surface area contributed by atoms with Gasteiger partial charge in [-0.2, -0.15) is 0 Å². The van der Waals surface area contributed by atoms with Gasteiger partial charge in [0.25, 0.3) is 5.56 Å². The highest BCUT2D eigenvalue weighted by molar-refractivity contribution is 8.00. The number of hydrogen-bond acceptors (Lipinski definition) is 7. The van der Waals surface area contributed by atoms with Crippen LogP contribution < -0.4 is 20.3 Å². The second-order valence-corrected chi connectivity index (χ2v) is 9.75. The van der Waals surface area contributed by atoms with E-state index in [1.165, 1.54) is 18.9 Å². The number of carboxylic acid groups (broad SMARTS) is 1. The van der Waals surface area contributed by atoms with Crippen molar-refractivity contribution >= 4 is 29.5 Å². The van der Waals surface area contributed by atoms with E-state index in [1.54, 1.807) is 22.9 Å². The molecule has 2 aliphatic heterocycles. The van der Waals surface area contributed by atoms with E-state index in [1.807, 2.05) is 13.8 Å². The number of nitrogens with zero attached hydrogens (tertiary/aromatic N) is 1. The third-order valence-electron chi connectivity index (χ3n) is 5.74. The van der Waals surface area contributed by atoms with E-state index in [4.69, 9.17) is 19.3 Å². The molecule has 0 radical (unpaired) electrons. The predicted molar refractivity (Wildman–Crippen MR) is 122 cm³/mol. The third-order valence-corrected chi connectivity index (χ3v) is 7.01. The maximum Gasteiger partial charge on any atom is 0.341 e. The van der Waals surface area contributed by atoms with Crippen molar-refractivity contribution < 1.29 is 28.9 Å². The van der Waals surface area contributed by atoms with Gasteiger partial charge in [-0.3, -0.25) is 19.4 Å². The van der Waals surface area contributed by atoms with Crippen molar-refractivity contribution in [1.29, 1.82) is 0 Å². The van der Waals surface area contributed by atoms with Gasteiger partial charge < -0.3 is 24.6 Å². The minimum Gasteiger partial charge on any atom is -0.493 e. The monoisotopic (exact) mass is 477 g/mol. The van der Waals surface area contributed by atoms with Crippen LogP contribution >= 0.6 is 11.8 Å². The number of carbonyl (C=O) groups excluding carboxylic acids is 1. The number of thioether (sulfide) groups is 1. The number of hydrogen-bond donors (Lipinski definition) is 3. The Morgan fingerprint density at radius 2 is 2.12 bits per heavy atom. The number of anilines is 1. The van der Waals surface area contributed by atoms with E-state index < -0.39 is 17.8 Å². The number of benzene rings is 1. The van der Waals surface area contributed by atoms with Gasteiger partial charge in [0.2, 0.25) is 5.91 Å². The molecular weight excluding hydrogens is 450 g/mol. The molecule has 0 spiro atoms. The molecule has 2 aromatic rings. The molecule has 1 amide bonds. The van der Waals surface area contributed by atoms with Gasteiger partial charge in [0, 0.05) is 6.61 Å². The molecule has 0 saturated carbocycles. The zero-order chi connectivity index (χ0) is 23.8. The number of rotatable bonds is 6. The number of H-pyrrole nitrogens is 1. The Labute approximate surface area is 194 Å². The van der Waals surface area contributed by atoms with Crippen molar-refractivity contribution in [2.75, 3.05) is 31.4 Å². The van der Waals surface area contributed by atoms with Crippen molar-refractivity contribution in [3.63, 3.8) is 0 Å². The highest BCUT2D eigenvalue weighted by atomic mass is 32.2. The molecule has 178 valence electrons. The summed E-state index contributed by atoms with van der Waals surface area (Å²) in [5.41, 5.74) is 0.613. The van der Waals surface area contributed by atoms with Gasteiger partial charge in [-0.15, -0.1) is 11.8 Å². The Morgan fingerprint density at radius 3 is 2.82 bits per heavy atom. The molecule has 2 aliphatic rings. The van der Waals surface area contributed by atoms with Crippen LogP contribution in [0.2, 0.25) is 0 Å². The molecule has 33 heavy (non-hydrogen) atoms. The molecule has 11 heteroatoms. The fraction of sp³-hybridized carbons (Fsp3) is 0.500. The topological polar surface area (TPSA) is 132 Å². The lowest BCUT2D eigenvalue weighted by molar-refractivity contribution is -0.139. The highest BCUT2D eigenvalue weighted by Crippen LogP contribution is 2.44. The number of methoxy groups -OCH3 is 1. The third kappa shape index (κ3) is 4.88. The Hall–Kier alpha value is -2.92. The van der Waals surface area contributed by atoms with Crippen LogP contribution in [0.3, 0.4) is 0 Å². The van der Waals surface area contributed by atoms with Crippen molar-refractivity contribution in [3.8, 4) is 11.5 Å². The smallest absolute Gasteiger partial charge is 0.341 e. The molecule has 3 N–H and O–H groups in total. The second kappa shape index (κ2) is 9.14. The number of amides is 1. The van der Waals surface area contributed by atoms with Crippen LogP contribution in [0.5, 0.6) is 11.5 Å². The largest absolute Gasteiger partial charge is 0.493 e. The zero-order valence-corrected chi connectivity index (χ0v) is 19.5. The van der Waals surface area contributed by atoms with Crippen molar-refractivity contribution in [2.24, 2.45) is 0 Å². The van der Waals surface area contributed by atoms with Crippen LogP contribution in [0, 0.1) is 0 Å². The number of carbonyl (C=O) groups is 2. The SMILES string of the molecule is COc1cc([C@@H]2SCC(=O)Nc3c2c(=O)[nH]n3[C@@H]2CCOC(C)(C)C2)ccc1OCC(=O)O. The van der Waals surface area contributed by atoms with Crippen LogP contribution in [-0.2, 0) is 14.3 Å². The Bertz CT molecular complexity index is 1120. The van der Waals surface area contributed by atoms with Crippen LogP contribution in [0.1, 0.15) is 49.1 Å². The molecule has 0 bridgehead atoms. The number of ether oxygens (including phenoxy) is 3. The Morgan fingerprint density at radius 1 is 1.33 bits per heavy atom. The molecule has 10 nitrogen and oxygen atoms in total. The van der Waals surface area contributed by atoms with Crippen molar-refractivity contribution in [2.45, 2.75) is 43.6 Å². The van der Waals surface area contributed by atoms with Crippen molar-refractivity contribution in [3.05, 3.63) is 39.7 Å². The minimum atomic E-state index is -1.10. The summed E-state index contributed by atoms with van der Waals surface area (Å²) in [6, 6.07) is 5.06. The Kier molecular flexibility index (Phi) is 6.44. The number of aliphatic carboxylic acids is 1. The van der Waals surface area contributed by atoms with Crippen LogP contribution in [-0.4, -0.2) is 58.4 Å². The average molecular weight is 478 g/mol. The molecule has 3 heterocycles. The van der Waals surface area contributed by atoms with Gasteiger partial charge in [-0.05, 0) is 44.4 Å². The first-order chi connectivity index (χ1) is 15.7. The van der Waals surface area contributed by atoms with Crippen LogP contribution in [0.4, 0.5) is 5.82 Å². The predicted octanol–water partition coefficient (Wildman–Crippen LogP) is 2.55. The van der Waals surface area contributed by atoms with Gasteiger partial charge in [-0.1, -0.05) is 6.07 Å². The molecule has 4 rings (SSSR count). The number of carboxylic acids is 1. The number of aromatic nitrogens is 2. The van der Waals surface area contributed by atoms with Crippen LogP contribution in [0.25, 0.3) is 0 Å². The lowest BCUT2D eigenvalue weighted by Crippen LogP contribution is -2.36. The van der Waals surface area contributed by atoms with E-state index in [0.717, 1.165) is 12.0 Å². The fourth-order valence-electron chi connectivity index (χ4n) is 4.31. The summed E-state index contributed by atoms with van der Waals surface area (Å²) in [5.74, 6) is 0.00877. The summed E-state index contributed by atoms with van der Waals surface area (Å²) in [7, 11) is 1.46. The fourth-order valence-corrected chi connectivity index (χ4v) is 5.42. The number of nitrogens with one attached hydrogen (secondary N) is 2. The molecule has 2 atom stereocenters. The lowest BCUT2D eigenvalue weighted by atomic mass is 9.94. The lowest BCUT2D eigenvalue weighted by Gasteiger charge is -2.36. The molecule has 0 unspecified atom stereocenters. The van der Waals surface area contributed by atoms with Crippen molar-refractivity contribution in [1.82, 2.24) is 9.78 Å². The van der Waals surface area contributed by atoms with E-state index in [0.29, 0.717) is 30.2 Å². The molecule has 1 aromatic carbocycles. The van der Waals surface area contributed by atoms with Crippen LogP contribution in [0.15, 0.2) is 23.0 Å². The summed E-state index contributed by atoms with van der Waals surface area (Å²) in [5, 5.41) is 14.3. The molecular formula is C22H27N3O7S. The first kappa shape index (κ1) is 23.2. The first-order valence-electron chi connectivity index (χ1n) is 10.6. The van der Waals surface area contributed by atoms with Gasteiger partial charge in [0.05, 0.1) is 35.3 Å². The molecule has 1 saturated heterocycles. The van der Waals surface area contributed by atoms with E-state index in [9.17, 15) is 14.4 Å². The first-order valence-corrected chi connectivity index (χ1v) is 11.7. The van der Waals surface area contributed by atoms with E-state index in [-0.39, 0.29) is 34.6 Å². The zero-order valence-electron chi connectivity index (χ0n) is 18.7. The van der Waals surface area contributed by atoms with E-state index in [2.05, 4.69) is 10.4 Å². The minimum absolute atomic E-state index is 0.0180. The summed E-state index contributed by atoms with van der Waals surface area (Å²) >= 11 is 1.34. The molecule has 1 aromatic heterocycles. The summed E-state index contributed by atoms with van der Waals surface area (Å²) < 4.78 is 18.3. The van der Waals surface area contributed by atoms with Gasteiger partial charge in [0.1, 0.15) is 5.82 Å². The number of aromatic amines is 1. The maximum atomic E-state index is 13.1. The van der Waals surface area contributed by atoms with E-state index >= 15 is 0 Å². The van der Waals surface area contributed by atoms with Gasteiger partial charge >= 0.3 is 5.97 Å². The summed E-state index contributed by atoms with van der Waals surface area (Å²) in [6.07, 6.45) is 1.42. The standard InChI is InChI=1S/C22H27N3O7S/c1-22(2)9-13(6-7-32-22)25-20-18(21(29)24-25)19(33-11-16(26)23-20)12-4-5-14(15(8-12)30-3)31-10-17(27)28/h4-5,8,13,19H,6-7,9-11H2,1-3H3,(H,23,26)(H,24,29)(H,27,28)/t13-,19+/m1/s1. The maximum absolute atomic E-state index is 13.1. The highest BCUT2D eigenvalue weighted by Gasteiger charge is 2.36. The Balaban J connectivity index is 1.74. The van der Waals surface area contributed by atoms with Gasteiger partial charge in [-0.25, -0.2) is 4.79 Å². The molecule has 1 fully saturated rings. The second-order valence-electron chi connectivity index (χ2n) is 8.66. The number of fused-ring (bicyclic) bond motifs is 1. The normalized spacial score (nSPS) is 22.1. The molecule has 0 aliphatic carbocycles. The average Bonchev–Trinajstić information content (AvgIpc) is 2.96. The quantitative estimate of drug-likeness (QED) is 0.578.